The van der Waals surface area contributed by atoms with Crippen LogP contribution >= 0.6 is 0 Å². The van der Waals surface area contributed by atoms with Crippen LogP contribution < -0.4 is 0 Å². The molecule has 5 nitrogen and oxygen atoms in total. The summed E-state index contributed by atoms with van der Waals surface area (Å²) in [7, 11) is 1.56. The van der Waals surface area contributed by atoms with E-state index in [0.29, 0.717) is 11.1 Å². The Morgan fingerprint density at radius 3 is 2.16 bits per heavy atom. The Hall–Kier alpha value is -3.86. The smallest absolute Gasteiger partial charge is 0.262 e. The molecule has 1 aliphatic heterocycles. The monoisotopic (exact) mass is 407 g/mol. The molecule has 0 unspecified atom stereocenters. The van der Waals surface area contributed by atoms with E-state index in [9.17, 15) is 9.59 Å². The number of aromatic amines is 2. The first-order valence-electron chi connectivity index (χ1n) is 10.4. The molecule has 6 rings (SSSR count). The molecule has 0 saturated heterocycles. The number of benzene rings is 3. The molecule has 152 valence electrons. The molecule has 3 aromatic carbocycles. The normalized spacial score (nSPS) is 13.8. The number of amides is 2. The molecular formula is C26H21N3O2. The maximum atomic E-state index is 13.2. The molecular weight excluding hydrogens is 386 g/mol. The molecule has 5 aromatic rings. The molecule has 0 atom stereocenters. The highest BCUT2D eigenvalue weighted by Crippen LogP contribution is 2.43. The van der Waals surface area contributed by atoms with E-state index < -0.39 is 0 Å². The third-order valence-electron chi connectivity index (χ3n) is 6.35. The van der Waals surface area contributed by atoms with Crippen molar-refractivity contribution in [3.63, 3.8) is 0 Å². The molecule has 1 aliphatic rings. The Morgan fingerprint density at radius 2 is 1.48 bits per heavy atom. The predicted molar refractivity (Wildman–Crippen MR) is 125 cm³/mol. The van der Waals surface area contributed by atoms with Crippen LogP contribution in [-0.2, 0) is 6.42 Å². The fraction of sp³-hybridized carbons (Fsp3) is 0.154. The second-order valence-electron chi connectivity index (χ2n) is 8.58. The minimum absolute atomic E-state index is 0.243. The molecule has 0 bridgehead atoms. The summed E-state index contributed by atoms with van der Waals surface area (Å²) in [4.78, 5) is 34.7. The molecule has 2 amide bonds. The zero-order chi connectivity index (χ0) is 21.4. The molecule has 5 heteroatoms. The first kappa shape index (κ1) is 18.0. The first-order chi connectivity index (χ1) is 15.0. The van der Waals surface area contributed by atoms with Crippen LogP contribution in [-0.4, -0.2) is 33.7 Å². The minimum Gasteiger partial charge on any atom is -0.353 e. The molecule has 31 heavy (non-hydrogen) atoms. The van der Waals surface area contributed by atoms with Gasteiger partial charge in [0, 0.05) is 39.6 Å². The second kappa shape index (κ2) is 6.08. The lowest BCUT2D eigenvalue weighted by Crippen LogP contribution is -2.24. The van der Waals surface area contributed by atoms with Crippen molar-refractivity contribution in [1.29, 1.82) is 0 Å². The SMILES string of the molecule is CC(C)=CCc1ccc2[nH]c3c4[nH]c5ccccc5c4c4c(c3c2c1)C(=O)N(C)C4=O. The number of allylic oxidation sites excluding steroid dienone is 2. The van der Waals surface area contributed by atoms with Gasteiger partial charge in [-0.25, -0.2) is 0 Å². The summed E-state index contributed by atoms with van der Waals surface area (Å²) in [6.07, 6.45) is 3.02. The van der Waals surface area contributed by atoms with Crippen LogP contribution in [0.2, 0.25) is 0 Å². The number of aromatic nitrogens is 2. The van der Waals surface area contributed by atoms with E-state index in [1.165, 1.54) is 16.0 Å². The van der Waals surface area contributed by atoms with Gasteiger partial charge >= 0.3 is 0 Å². The third-order valence-corrected chi connectivity index (χ3v) is 6.35. The van der Waals surface area contributed by atoms with E-state index in [0.717, 1.165) is 50.0 Å². The third kappa shape index (κ3) is 2.31. The molecule has 2 N–H and O–H groups in total. The van der Waals surface area contributed by atoms with Crippen LogP contribution in [0.1, 0.15) is 40.1 Å². The van der Waals surface area contributed by atoms with E-state index in [-0.39, 0.29) is 11.8 Å². The maximum absolute atomic E-state index is 13.2. The molecule has 0 radical (unpaired) electrons. The Kier molecular flexibility index (Phi) is 3.52. The van der Waals surface area contributed by atoms with Gasteiger partial charge in [0.1, 0.15) is 0 Å². The molecule has 2 aromatic heterocycles. The second-order valence-corrected chi connectivity index (χ2v) is 8.58. The number of carbonyl (C=O) groups is 2. The number of nitrogens with zero attached hydrogens (tertiary/aromatic N) is 1. The van der Waals surface area contributed by atoms with E-state index in [1.807, 2.05) is 24.3 Å². The Labute approximate surface area is 178 Å². The number of imide groups is 1. The Morgan fingerprint density at radius 1 is 0.871 bits per heavy atom. The summed E-state index contributed by atoms with van der Waals surface area (Å²) >= 11 is 0. The number of H-pyrrole nitrogens is 2. The van der Waals surface area contributed by atoms with Crippen LogP contribution in [0.4, 0.5) is 0 Å². The van der Waals surface area contributed by atoms with E-state index >= 15 is 0 Å². The van der Waals surface area contributed by atoms with Crippen molar-refractivity contribution in [2.24, 2.45) is 0 Å². The lowest BCUT2D eigenvalue weighted by molar-refractivity contribution is 0.0694. The van der Waals surface area contributed by atoms with Gasteiger partial charge in [0.25, 0.3) is 11.8 Å². The van der Waals surface area contributed by atoms with Gasteiger partial charge < -0.3 is 9.97 Å². The molecule has 0 fully saturated rings. The van der Waals surface area contributed by atoms with E-state index in [4.69, 9.17) is 0 Å². The number of nitrogens with one attached hydrogen (secondary N) is 2. The Bertz CT molecular complexity index is 1630. The van der Waals surface area contributed by atoms with Crippen LogP contribution in [0.3, 0.4) is 0 Å². The fourth-order valence-electron chi connectivity index (χ4n) is 4.83. The highest BCUT2D eigenvalue weighted by Gasteiger charge is 2.38. The number of carbonyl (C=O) groups excluding carboxylic acids is 2. The summed E-state index contributed by atoms with van der Waals surface area (Å²) in [6, 6.07) is 14.2. The van der Waals surface area contributed by atoms with Gasteiger partial charge in [-0.15, -0.1) is 0 Å². The van der Waals surface area contributed by atoms with Crippen LogP contribution in [0.25, 0.3) is 43.6 Å². The van der Waals surface area contributed by atoms with Crippen molar-refractivity contribution in [2.75, 3.05) is 7.05 Å². The summed E-state index contributed by atoms with van der Waals surface area (Å²) < 4.78 is 0. The number of hydrogen-bond acceptors (Lipinski definition) is 2. The molecule has 0 saturated carbocycles. The van der Waals surface area contributed by atoms with Crippen molar-refractivity contribution >= 4 is 55.4 Å². The molecule has 3 heterocycles. The van der Waals surface area contributed by atoms with E-state index in [2.05, 4.69) is 48.1 Å². The molecule has 0 spiro atoms. The maximum Gasteiger partial charge on any atom is 0.262 e. The van der Waals surface area contributed by atoms with Gasteiger partial charge in [0.2, 0.25) is 0 Å². The van der Waals surface area contributed by atoms with Crippen molar-refractivity contribution in [3.05, 3.63) is 70.8 Å². The minimum atomic E-state index is -0.244. The standard InChI is InChI=1S/C26H21N3O2/c1-13(2)8-9-14-10-11-18-16(12-14)20-22-21(25(30)29(3)26(22)31)19-15-6-4-5-7-17(15)27-23(19)24(20)28-18/h4-8,10-12,27-28H,9H2,1-3H3. The number of hydrogen-bond donors (Lipinski definition) is 2. The highest BCUT2D eigenvalue weighted by molar-refractivity contribution is 6.39. The van der Waals surface area contributed by atoms with Gasteiger partial charge in [-0.1, -0.05) is 35.9 Å². The Balaban J connectivity index is 1.82. The van der Waals surface area contributed by atoms with Crippen molar-refractivity contribution in [2.45, 2.75) is 20.3 Å². The average molecular weight is 407 g/mol. The first-order valence-corrected chi connectivity index (χ1v) is 10.4. The van der Waals surface area contributed by atoms with Crippen molar-refractivity contribution in [3.8, 4) is 0 Å². The largest absolute Gasteiger partial charge is 0.353 e. The van der Waals surface area contributed by atoms with Crippen molar-refractivity contribution < 1.29 is 9.59 Å². The summed E-state index contributed by atoms with van der Waals surface area (Å²) in [5.74, 6) is -0.487. The number of rotatable bonds is 2. The lowest BCUT2D eigenvalue weighted by Gasteiger charge is -2.04. The zero-order valence-electron chi connectivity index (χ0n) is 17.6. The van der Waals surface area contributed by atoms with Gasteiger partial charge in [0.15, 0.2) is 0 Å². The van der Waals surface area contributed by atoms with Gasteiger partial charge in [-0.3, -0.25) is 14.5 Å². The number of fused-ring (bicyclic) bond motifs is 10. The zero-order valence-corrected chi connectivity index (χ0v) is 17.6. The fourth-order valence-corrected chi connectivity index (χ4v) is 4.83. The topological polar surface area (TPSA) is 69.0 Å². The lowest BCUT2D eigenvalue weighted by atomic mass is 9.96. The quantitative estimate of drug-likeness (QED) is 0.292. The summed E-state index contributed by atoms with van der Waals surface area (Å²) in [5.41, 5.74) is 7.09. The van der Waals surface area contributed by atoms with Crippen LogP contribution in [0.15, 0.2) is 54.1 Å². The van der Waals surface area contributed by atoms with Gasteiger partial charge in [-0.05, 0) is 44.0 Å². The van der Waals surface area contributed by atoms with Crippen LogP contribution in [0, 0.1) is 0 Å². The average Bonchev–Trinajstić information content (AvgIpc) is 3.39. The highest BCUT2D eigenvalue weighted by atomic mass is 16.2. The van der Waals surface area contributed by atoms with E-state index in [1.54, 1.807) is 7.05 Å². The van der Waals surface area contributed by atoms with Gasteiger partial charge in [-0.2, -0.15) is 0 Å². The van der Waals surface area contributed by atoms with Crippen molar-refractivity contribution in [1.82, 2.24) is 14.9 Å². The summed E-state index contributed by atoms with van der Waals surface area (Å²) in [6.45, 7) is 4.17. The van der Waals surface area contributed by atoms with Crippen LogP contribution in [0.5, 0.6) is 0 Å². The predicted octanol–water partition coefficient (Wildman–Crippen LogP) is 5.69. The number of para-hydroxylation sites is 1. The van der Waals surface area contributed by atoms with Gasteiger partial charge in [0.05, 0.1) is 22.2 Å². The molecule has 0 aliphatic carbocycles. The summed E-state index contributed by atoms with van der Waals surface area (Å²) in [5, 5.41) is 3.57.